The molecule has 1 fully saturated rings. The zero-order chi connectivity index (χ0) is 13.5. The van der Waals surface area contributed by atoms with Crippen LogP contribution in [0.1, 0.15) is 11.9 Å². The Labute approximate surface area is 120 Å². The molecule has 0 spiro atoms. The van der Waals surface area contributed by atoms with Crippen LogP contribution < -0.4 is 0 Å². The van der Waals surface area contributed by atoms with E-state index in [1.807, 2.05) is 30.3 Å². The van der Waals surface area contributed by atoms with E-state index in [1.165, 1.54) is 0 Å². The van der Waals surface area contributed by atoms with Crippen molar-refractivity contribution in [2.24, 2.45) is 0 Å². The molecule has 1 aliphatic rings. The van der Waals surface area contributed by atoms with Gasteiger partial charge in [-0.3, -0.25) is 0 Å². The number of rotatable bonds is 1. The Morgan fingerprint density at radius 2 is 1.22 bits per heavy atom. The first-order valence-electron chi connectivity index (χ1n) is 4.36. The summed E-state index contributed by atoms with van der Waals surface area (Å²) < 4.78 is 33.1. The molecule has 1 aromatic carbocycles. The Morgan fingerprint density at radius 1 is 0.833 bits per heavy atom. The van der Waals surface area contributed by atoms with E-state index in [-0.39, 0.29) is 27.4 Å². The molecular weight excluding hydrogens is 320 g/mol. The average molecular weight is 330 g/mol. The van der Waals surface area contributed by atoms with Gasteiger partial charge in [0.15, 0.2) is 6.29 Å². The van der Waals surface area contributed by atoms with Crippen LogP contribution in [0, 0.1) is 20.0 Å². The molecule has 1 aromatic rings. The van der Waals surface area contributed by atoms with E-state index in [9.17, 15) is 0 Å². The summed E-state index contributed by atoms with van der Waals surface area (Å²) in [6, 6.07) is 9.98. The first-order chi connectivity index (χ1) is 8.47. The zero-order valence-corrected chi connectivity index (χ0v) is 11.3. The van der Waals surface area contributed by atoms with Crippen molar-refractivity contribution in [3.05, 3.63) is 55.8 Å². The molecule has 5 nitrogen and oxygen atoms in total. The molecule has 94 valence electrons. The van der Waals surface area contributed by atoms with E-state index < -0.39 is 0 Å². The van der Waals surface area contributed by atoms with Gasteiger partial charge in [0, 0.05) is 26.6 Å². The molecule has 18 heavy (non-hydrogen) atoms. The molecule has 0 bridgehead atoms. The summed E-state index contributed by atoms with van der Waals surface area (Å²) >= 11 is 0. The van der Waals surface area contributed by atoms with Crippen molar-refractivity contribution in [3.63, 3.8) is 0 Å². The molecule has 1 saturated heterocycles. The van der Waals surface area contributed by atoms with E-state index in [4.69, 9.17) is 23.4 Å². The van der Waals surface area contributed by atoms with E-state index in [2.05, 4.69) is 20.0 Å². The summed E-state index contributed by atoms with van der Waals surface area (Å²) in [6.07, 6.45) is -0.129. The van der Waals surface area contributed by atoms with Gasteiger partial charge < -0.3 is 9.47 Å². The molecule has 0 N–H and O–H groups in total. The van der Waals surface area contributed by atoms with Gasteiger partial charge in [-0.05, 0) is 0 Å². The van der Waals surface area contributed by atoms with Gasteiger partial charge in [0.25, 0.3) is 0 Å². The molecular formula is C12H10MoO5. The molecule has 1 heterocycles. The van der Waals surface area contributed by atoms with Crippen LogP contribution in [-0.2, 0) is 44.5 Å². The quantitative estimate of drug-likeness (QED) is 0.446. The fraction of sp³-hybridized carbons (Fsp3) is 0.250. The summed E-state index contributed by atoms with van der Waals surface area (Å²) in [5.41, 5.74) is 1.10. The maximum atomic E-state index is 7.50. The first-order valence-corrected chi connectivity index (χ1v) is 4.36. The van der Waals surface area contributed by atoms with Crippen molar-refractivity contribution < 1.29 is 44.5 Å². The van der Waals surface area contributed by atoms with E-state index >= 15 is 0 Å². The Bertz CT molecular complexity index is 313. The topological polar surface area (TPSA) is 78.2 Å². The molecule has 0 unspecified atom stereocenters. The molecule has 0 radical (unpaired) electrons. The second kappa shape index (κ2) is 18.4. The van der Waals surface area contributed by atoms with Crippen LogP contribution in [0.4, 0.5) is 0 Å². The number of hydrogen-bond donors (Lipinski definition) is 0. The second-order valence-electron chi connectivity index (χ2n) is 2.48. The predicted octanol–water partition coefficient (Wildman–Crippen LogP) is 1.62. The Morgan fingerprint density at radius 3 is 1.61 bits per heavy atom. The molecule has 2 rings (SSSR count). The van der Waals surface area contributed by atoms with Gasteiger partial charge in [-0.15, -0.1) is 0 Å². The van der Waals surface area contributed by atoms with Gasteiger partial charge in [-0.25, -0.2) is 0 Å². The molecule has 0 aliphatic carbocycles. The maximum absolute atomic E-state index is 7.50. The van der Waals surface area contributed by atoms with Gasteiger partial charge in [0.2, 0.25) is 0 Å². The monoisotopic (exact) mass is 332 g/mol. The van der Waals surface area contributed by atoms with Crippen LogP contribution in [-0.4, -0.2) is 13.2 Å². The zero-order valence-electron chi connectivity index (χ0n) is 9.33. The van der Waals surface area contributed by atoms with Gasteiger partial charge in [0.05, 0.1) is 13.2 Å². The Balaban J connectivity index is -0.000000285. The van der Waals surface area contributed by atoms with Gasteiger partial charge in [-0.2, -0.15) is 0 Å². The molecule has 6 heteroatoms. The average Bonchev–Trinajstić information content (AvgIpc) is 3.01. The third-order valence-electron chi connectivity index (χ3n) is 1.69. The summed E-state index contributed by atoms with van der Waals surface area (Å²) in [7, 11) is 0. The molecule has 0 amide bonds. The minimum absolute atomic E-state index is 0. The van der Waals surface area contributed by atoms with Crippen molar-refractivity contribution in [1.82, 2.24) is 0 Å². The normalized spacial score (nSPS) is 11.9. The van der Waals surface area contributed by atoms with Crippen molar-refractivity contribution in [2.45, 2.75) is 6.29 Å². The third kappa shape index (κ3) is 9.12. The van der Waals surface area contributed by atoms with Crippen molar-refractivity contribution in [1.29, 1.82) is 0 Å². The van der Waals surface area contributed by atoms with Crippen LogP contribution >= 0.6 is 0 Å². The fourth-order valence-corrected chi connectivity index (χ4v) is 1.16. The largest absolute Gasteiger partial charge is 0.346 e. The second-order valence-corrected chi connectivity index (χ2v) is 2.48. The van der Waals surface area contributed by atoms with Crippen LogP contribution in [0.3, 0.4) is 0 Å². The first kappa shape index (κ1) is 22.2. The van der Waals surface area contributed by atoms with Crippen molar-refractivity contribution in [3.8, 4) is 0 Å². The molecule has 0 aromatic heterocycles. The van der Waals surface area contributed by atoms with Crippen molar-refractivity contribution in [2.75, 3.05) is 13.2 Å². The number of ether oxygens (including phenoxy) is 2. The third-order valence-corrected chi connectivity index (χ3v) is 1.69. The number of hydrogen-bond acceptors (Lipinski definition) is 2. The van der Waals surface area contributed by atoms with Gasteiger partial charge >= 0.3 is 33.9 Å². The van der Waals surface area contributed by atoms with E-state index in [1.54, 1.807) is 0 Å². The van der Waals surface area contributed by atoms with E-state index in [0.717, 1.165) is 5.56 Å². The molecule has 1 aliphatic heterocycles. The van der Waals surface area contributed by atoms with Crippen LogP contribution in [0.15, 0.2) is 30.3 Å². The van der Waals surface area contributed by atoms with Crippen LogP contribution in [0.2, 0.25) is 0 Å². The van der Waals surface area contributed by atoms with Crippen LogP contribution in [0.25, 0.3) is 0 Å². The fourth-order valence-electron chi connectivity index (χ4n) is 1.16. The maximum Gasteiger partial charge on any atom is 0.184 e. The minimum Gasteiger partial charge on any atom is -0.346 e. The standard InChI is InChI=1S/C9H10O2.3CO.Mo/c1-2-4-8(5-3-1)9-10-6-7-11-9;3*1-2;/h1-5,9H,6-7H2;;;;. The Kier molecular flexibility index (Phi) is 22.8. The number of benzene rings is 1. The molecule has 0 atom stereocenters. The van der Waals surface area contributed by atoms with Gasteiger partial charge in [0.1, 0.15) is 0 Å². The Hall–Kier alpha value is -0.952. The summed E-state index contributed by atoms with van der Waals surface area (Å²) in [4.78, 5) is 0. The van der Waals surface area contributed by atoms with Crippen molar-refractivity contribution >= 4 is 0 Å². The smallest absolute Gasteiger partial charge is 0.184 e. The van der Waals surface area contributed by atoms with Crippen LogP contribution in [0.5, 0.6) is 0 Å². The minimum atomic E-state index is -0.129. The van der Waals surface area contributed by atoms with Gasteiger partial charge in [-0.1, -0.05) is 30.3 Å². The summed E-state index contributed by atoms with van der Waals surface area (Å²) in [6.45, 7) is 14.9. The summed E-state index contributed by atoms with van der Waals surface area (Å²) in [5.74, 6) is 0. The predicted molar refractivity (Wildman–Crippen MR) is 52.9 cm³/mol. The molecule has 0 saturated carbocycles. The SMILES string of the molecule is [C-]#[O+].[C-]#[O+].[C-]#[O+].[Mo].c1ccc(C2OCCO2)cc1. The summed E-state index contributed by atoms with van der Waals surface area (Å²) in [5, 5.41) is 0. The van der Waals surface area contributed by atoms with E-state index in [0.29, 0.717) is 13.2 Å².